The highest BCUT2D eigenvalue weighted by molar-refractivity contribution is 6.78. The Labute approximate surface area is 86.7 Å². The van der Waals surface area contributed by atoms with Gasteiger partial charge in [0.2, 0.25) is 0 Å². The minimum Gasteiger partial charge on any atom is -0.466 e. The van der Waals surface area contributed by atoms with E-state index in [0.29, 0.717) is 12.0 Å². The first-order valence-corrected chi connectivity index (χ1v) is 8.48. The van der Waals surface area contributed by atoms with E-state index in [1.807, 2.05) is 0 Å². The van der Waals surface area contributed by atoms with E-state index < -0.39 is 8.07 Å². The van der Waals surface area contributed by atoms with Gasteiger partial charge in [-0.2, -0.15) is 0 Å². The Kier molecular flexibility index (Phi) is 3.32. The summed E-state index contributed by atoms with van der Waals surface area (Å²) in [5, 5.41) is 0. The summed E-state index contributed by atoms with van der Waals surface area (Å²) in [6.45, 7) is 6.91. The van der Waals surface area contributed by atoms with Gasteiger partial charge in [0.05, 0.1) is 15.2 Å². The van der Waals surface area contributed by atoms with Crippen LogP contribution >= 0.6 is 0 Å². The molecule has 14 heavy (non-hydrogen) atoms. The highest BCUT2D eigenvalue weighted by atomic mass is 28.3. The molecule has 0 radical (unpaired) electrons. The fraction of sp³-hybridized carbons (Fsp3) is 0.545. The highest BCUT2D eigenvalue weighted by Crippen LogP contribution is 2.30. The van der Waals surface area contributed by atoms with Crippen LogP contribution in [-0.4, -0.2) is 21.2 Å². The van der Waals surface area contributed by atoms with Crippen molar-refractivity contribution in [1.29, 1.82) is 0 Å². The van der Waals surface area contributed by atoms with Crippen LogP contribution in [0.15, 0.2) is 23.8 Å². The monoisotopic (exact) mass is 210 g/mol. The quantitative estimate of drug-likeness (QED) is 0.398. The summed E-state index contributed by atoms with van der Waals surface area (Å²) < 4.78 is 4.73. The standard InChI is InChI=1S/C11H18O2Si/c1-13-11(12)9-6-5-7-10(8-9)14(2,3)4/h5,7-8,10H,6H2,1-4H3. The first kappa shape index (κ1) is 11.2. The zero-order chi connectivity index (χ0) is 10.8. The lowest BCUT2D eigenvalue weighted by atomic mass is 10.1. The van der Waals surface area contributed by atoms with Gasteiger partial charge in [0.25, 0.3) is 0 Å². The number of esters is 1. The van der Waals surface area contributed by atoms with Crippen molar-refractivity contribution in [2.75, 3.05) is 7.11 Å². The van der Waals surface area contributed by atoms with E-state index in [1.54, 1.807) is 0 Å². The van der Waals surface area contributed by atoms with Gasteiger partial charge in [0, 0.05) is 5.57 Å². The predicted molar refractivity (Wildman–Crippen MR) is 61.0 cm³/mol. The van der Waals surface area contributed by atoms with Crippen LogP contribution in [0.5, 0.6) is 0 Å². The number of hydrogen-bond acceptors (Lipinski definition) is 2. The summed E-state index contributed by atoms with van der Waals surface area (Å²) in [4.78, 5) is 11.3. The third kappa shape index (κ3) is 2.58. The van der Waals surface area contributed by atoms with Crippen LogP contribution in [0.4, 0.5) is 0 Å². The van der Waals surface area contributed by atoms with Crippen molar-refractivity contribution in [2.45, 2.75) is 31.6 Å². The van der Waals surface area contributed by atoms with Crippen molar-refractivity contribution >= 4 is 14.0 Å². The summed E-state index contributed by atoms with van der Waals surface area (Å²) in [5.74, 6) is -0.183. The van der Waals surface area contributed by atoms with E-state index in [2.05, 4.69) is 37.9 Å². The highest BCUT2D eigenvalue weighted by Gasteiger charge is 2.26. The van der Waals surface area contributed by atoms with Crippen molar-refractivity contribution in [1.82, 2.24) is 0 Å². The smallest absolute Gasteiger partial charge is 0.333 e. The van der Waals surface area contributed by atoms with Crippen LogP contribution in [0, 0.1) is 0 Å². The molecule has 0 spiro atoms. The second-order valence-corrected chi connectivity index (χ2v) is 10.1. The maximum Gasteiger partial charge on any atom is 0.333 e. The van der Waals surface area contributed by atoms with Gasteiger partial charge in [-0.25, -0.2) is 4.79 Å². The molecule has 78 valence electrons. The van der Waals surface area contributed by atoms with E-state index in [-0.39, 0.29) is 5.97 Å². The Bertz CT molecular complexity index is 284. The molecule has 0 aromatic heterocycles. The molecule has 0 saturated carbocycles. The van der Waals surface area contributed by atoms with E-state index in [1.165, 1.54) is 7.11 Å². The first-order valence-electron chi connectivity index (χ1n) is 4.91. The topological polar surface area (TPSA) is 26.3 Å². The third-order valence-corrected chi connectivity index (χ3v) is 4.87. The van der Waals surface area contributed by atoms with Crippen molar-refractivity contribution in [3.63, 3.8) is 0 Å². The number of carbonyl (C=O) groups excluding carboxylic acids is 1. The van der Waals surface area contributed by atoms with Crippen molar-refractivity contribution in [3.05, 3.63) is 23.8 Å². The van der Waals surface area contributed by atoms with Gasteiger partial charge < -0.3 is 4.74 Å². The van der Waals surface area contributed by atoms with Gasteiger partial charge in [-0.05, 0) is 12.0 Å². The molecule has 1 aliphatic carbocycles. The molecular weight excluding hydrogens is 192 g/mol. The molecule has 0 aliphatic heterocycles. The summed E-state index contributed by atoms with van der Waals surface area (Å²) in [6.07, 6.45) is 7.10. The number of methoxy groups -OCH3 is 1. The summed E-state index contributed by atoms with van der Waals surface area (Å²) in [7, 11) is 0.208. The van der Waals surface area contributed by atoms with Gasteiger partial charge in [0.15, 0.2) is 0 Å². The molecule has 1 atom stereocenters. The molecule has 2 nitrogen and oxygen atoms in total. The lowest BCUT2D eigenvalue weighted by molar-refractivity contribution is -0.136. The van der Waals surface area contributed by atoms with Gasteiger partial charge in [-0.3, -0.25) is 0 Å². The average Bonchev–Trinajstić information content (AvgIpc) is 2.15. The molecule has 0 saturated heterocycles. The maximum absolute atomic E-state index is 11.3. The van der Waals surface area contributed by atoms with Gasteiger partial charge >= 0.3 is 5.97 Å². The molecule has 0 amide bonds. The van der Waals surface area contributed by atoms with Crippen LogP contribution < -0.4 is 0 Å². The lowest BCUT2D eigenvalue weighted by Crippen LogP contribution is -2.27. The van der Waals surface area contributed by atoms with Crippen LogP contribution in [0.2, 0.25) is 25.2 Å². The van der Waals surface area contributed by atoms with E-state index in [9.17, 15) is 4.79 Å². The molecule has 1 rings (SSSR count). The minimum atomic E-state index is -1.23. The predicted octanol–water partition coefficient (Wildman–Crippen LogP) is 2.75. The van der Waals surface area contributed by atoms with E-state index in [0.717, 1.165) is 5.57 Å². The molecule has 1 aliphatic rings. The van der Waals surface area contributed by atoms with Gasteiger partial charge in [-0.1, -0.05) is 37.9 Å². The Balaban J connectivity index is 2.83. The number of hydrogen-bond donors (Lipinski definition) is 0. The molecular formula is C11H18O2Si. The van der Waals surface area contributed by atoms with Crippen LogP contribution in [0.1, 0.15) is 6.42 Å². The molecule has 0 heterocycles. The zero-order valence-corrected chi connectivity index (χ0v) is 10.3. The maximum atomic E-state index is 11.3. The van der Waals surface area contributed by atoms with Crippen molar-refractivity contribution in [3.8, 4) is 0 Å². The second-order valence-electron chi connectivity index (χ2n) is 4.71. The van der Waals surface area contributed by atoms with Gasteiger partial charge in [-0.15, -0.1) is 0 Å². The Morgan fingerprint density at radius 1 is 1.50 bits per heavy atom. The van der Waals surface area contributed by atoms with Gasteiger partial charge in [0.1, 0.15) is 0 Å². The number of carbonyl (C=O) groups is 1. The van der Waals surface area contributed by atoms with Crippen molar-refractivity contribution < 1.29 is 9.53 Å². The van der Waals surface area contributed by atoms with E-state index in [4.69, 9.17) is 4.74 Å². The van der Waals surface area contributed by atoms with Crippen LogP contribution in [-0.2, 0) is 9.53 Å². The largest absolute Gasteiger partial charge is 0.466 e. The lowest BCUT2D eigenvalue weighted by Gasteiger charge is -2.26. The fourth-order valence-corrected chi connectivity index (χ4v) is 2.92. The van der Waals surface area contributed by atoms with E-state index >= 15 is 0 Å². The molecule has 0 aromatic carbocycles. The molecule has 3 heteroatoms. The molecule has 0 bridgehead atoms. The molecule has 0 N–H and O–H groups in total. The fourth-order valence-electron chi connectivity index (χ4n) is 1.50. The van der Waals surface area contributed by atoms with Crippen LogP contribution in [0.25, 0.3) is 0 Å². The Morgan fingerprint density at radius 2 is 2.14 bits per heavy atom. The molecule has 0 fully saturated rings. The molecule has 1 unspecified atom stereocenters. The Hall–Kier alpha value is -0.833. The second kappa shape index (κ2) is 4.13. The Morgan fingerprint density at radius 3 is 2.64 bits per heavy atom. The average molecular weight is 210 g/mol. The summed E-state index contributed by atoms with van der Waals surface area (Å²) >= 11 is 0. The number of allylic oxidation sites excluding steroid dienone is 3. The SMILES string of the molecule is COC(=O)C1=CC([Si](C)(C)C)C=CC1. The molecule has 0 aromatic rings. The number of ether oxygens (including phenoxy) is 1. The van der Waals surface area contributed by atoms with Crippen LogP contribution in [0.3, 0.4) is 0 Å². The summed E-state index contributed by atoms with van der Waals surface area (Å²) in [6, 6.07) is 0. The normalized spacial score (nSPS) is 21.7. The number of rotatable bonds is 2. The van der Waals surface area contributed by atoms with Crippen molar-refractivity contribution in [2.24, 2.45) is 0 Å². The zero-order valence-electron chi connectivity index (χ0n) is 9.33. The minimum absolute atomic E-state index is 0.183. The first-order chi connectivity index (χ1) is 6.45. The third-order valence-electron chi connectivity index (χ3n) is 2.51. The summed E-state index contributed by atoms with van der Waals surface area (Å²) in [5.41, 5.74) is 1.27.